The van der Waals surface area contributed by atoms with Gasteiger partial charge in [0.2, 0.25) is 5.91 Å². The van der Waals surface area contributed by atoms with Gasteiger partial charge < -0.3 is 4.90 Å². The summed E-state index contributed by atoms with van der Waals surface area (Å²) in [5.41, 5.74) is 0.411. The van der Waals surface area contributed by atoms with E-state index in [2.05, 4.69) is 9.88 Å². The summed E-state index contributed by atoms with van der Waals surface area (Å²) in [4.78, 5) is 20.6. The van der Waals surface area contributed by atoms with Crippen molar-refractivity contribution < 1.29 is 18.0 Å². The molecule has 3 rings (SSSR count). The molecule has 144 valence electrons. The Morgan fingerprint density at radius 1 is 1.04 bits per heavy atom. The normalized spacial score (nSPS) is 16.2. The van der Waals surface area contributed by atoms with E-state index >= 15 is 0 Å². The molecule has 1 saturated heterocycles. The van der Waals surface area contributed by atoms with E-state index in [-0.39, 0.29) is 17.9 Å². The molecule has 27 heavy (non-hydrogen) atoms. The molecule has 1 aromatic heterocycles. The van der Waals surface area contributed by atoms with Gasteiger partial charge in [0, 0.05) is 45.1 Å². The molecule has 2 heterocycles. The molecule has 1 amide bonds. The number of halogens is 3. The van der Waals surface area contributed by atoms with E-state index in [0.29, 0.717) is 19.6 Å². The number of pyridine rings is 1. The second-order valence-electron chi connectivity index (χ2n) is 6.70. The van der Waals surface area contributed by atoms with Crippen molar-refractivity contribution in [2.75, 3.05) is 26.2 Å². The lowest BCUT2D eigenvalue weighted by Crippen LogP contribution is -2.36. The second-order valence-corrected chi connectivity index (χ2v) is 6.70. The van der Waals surface area contributed by atoms with Crippen LogP contribution in [-0.4, -0.2) is 46.9 Å². The van der Waals surface area contributed by atoms with Gasteiger partial charge in [0.25, 0.3) is 0 Å². The molecule has 1 aromatic carbocycles. The molecule has 0 atom stereocenters. The maximum atomic E-state index is 13.1. The lowest BCUT2D eigenvalue weighted by Gasteiger charge is -2.22. The summed E-state index contributed by atoms with van der Waals surface area (Å²) in [6.07, 6.45) is -0.325. The minimum absolute atomic E-state index is 0.0338. The van der Waals surface area contributed by atoms with Gasteiger partial charge in [0.15, 0.2) is 0 Å². The first kappa shape index (κ1) is 19.4. The molecule has 2 aromatic rings. The summed E-state index contributed by atoms with van der Waals surface area (Å²) >= 11 is 0. The molecule has 7 heteroatoms. The Morgan fingerprint density at radius 2 is 1.85 bits per heavy atom. The van der Waals surface area contributed by atoms with Crippen LogP contribution < -0.4 is 0 Å². The zero-order chi connectivity index (χ0) is 19.3. The number of nitrogens with zero attached hydrogens (tertiary/aromatic N) is 3. The van der Waals surface area contributed by atoms with Gasteiger partial charge in [0.05, 0.1) is 12.0 Å². The Balaban J connectivity index is 1.60. The fraction of sp³-hybridized carbons (Fsp3) is 0.400. The predicted octanol–water partition coefficient (Wildman–Crippen LogP) is 3.38. The van der Waals surface area contributed by atoms with Gasteiger partial charge in [-0.25, -0.2) is 0 Å². The molecule has 0 aliphatic carbocycles. The number of carbonyl (C=O) groups excluding carboxylic acids is 1. The third kappa shape index (κ3) is 5.29. The van der Waals surface area contributed by atoms with Crippen LogP contribution in [0.1, 0.15) is 23.1 Å². The van der Waals surface area contributed by atoms with Crippen molar-refractivity contribution in [1.29, 1.82) is 0 Å². The van der Waals surface area contributed by atoms with Crippen molar-refractivity contribution in [3.63, 3.8) is 0 Å². The van der Waals surface area contributed by atoms with E-state index in [4.69, 9.17) is 0 Å². The molecule has 0 spiro atoms. The Bertz CT molecular complexity index is 765. The van der Waals surface area contributed by atoms with E-state index in [9.17, 15) is 18.0 Å². The van der Waals surface area contributed by atoms with Gasteiger partial charge in [-0.2, -0.15) is 13.2 Å². The maximum absolute atomic E-state index is 13.1. The van der Waals surface area contributed by atoms with Crippen LogP contribution in [0.2, 0.25) is 0 Å². The monoisotopic (exact) mass is 377 g/mol. The van der Waals surface area contributed by atoms with Crippen LogP contribution in [0.5, 0.6) is 0 Å². The third-order valence-corrected chi connectivity index (χ3v) is 4.73. The highest BCUT2D eigenvalue weighted by Gasteiger charge is 2.33. The molecule has 1 fully saturated rings. The summed E-state index contributed by atoms with van der Waals surface area (Å²) in [6.45, 7) is 3.38. The molecule has 1 aliphatic heterocycles. The molecular weight excluding hydrogens is 355 g/mol. The van der Waals surface area contributed by atoms with Crippen molar-refractivity contribution in [3.05, 3.63) is 65.5 Å². The highest BCUT2D eigenvalue weighted by atomic mass is 19.4. The van der Waals surface area contributed by atoms with Crippen LogP contribution in [0.25, 0.3) is 0 Å². The van der Waals surface area contributed by atoms with E-state index in [0.717, 1.165) is 31.1 Å². The number of rotatable bonds is 4. The number of benzene rings is 1. The highest BCUT2D eigenvalue weighted by Crippen LogP contribution is 2.32. The fourth-order valence-corrected chi connectivity index (χ4v) is 3.35. The second kappa shape index (κ2) is 8.52. The van der Waals surface area contributed by atoms with Crippen LogP contribution in [0, 0.1) is 0 Å². The summed E-state index contributed by atoms with van der Waals surface area (Å²) in [5.74, 6) is -0.255. The SMILES string of the molecule is O=C(Cc1ccccc1C(F)(F)F)N1CCCN(Cc2cccnc2)CC1. The zero-order valence-electron chi connectivity index (χ0n) is 15.0. The quantitative estimate of drug-likeness (QED) is 0.820. The summed E-state index contributed by atoms with van der Waals surface area (Å²) in [5, 5.41) is 0. The lowest BCUT2D eigenvalue weighted by molar-refractivity contribution is -0.138. The van der Waals surface area contributed by atoms with Crippen LogP contribution in [-0.2, 0) is 23.9 Å². The smallest absolute Gasteiger partial charge is 0.341 e. The van der Waals surface area contributed by atoms with Gasteiger partial charge in [-0.3, -0.25) is 14.7 Å². The third-order valence-electron chi connectivity index (χ3n) is 4.73. The van der Waals surface area contributed by atoms with Gasteiger partial charge in [-0.05, 0) is 29.7 Å². The van der Waals surface area contributed by atoms with E-state index < -0.39 is 11.7 Å². The summed E-state index contributed by atoms with van der Waals surface area (Å²) in [7, 11) is 0. The standard InChI is InChI=1S/C20H22F3N3O/c21-20(22,23)18-7-2-1-6-17(18)13-19(27)26-10-4-9-25(11-12-26)15-16-5-3-8-24-14-16/h1-3,5-8,14H,4,9-13,15H2. The van der Waals surface area contributed by atoms with Gasteiger partial charge >= 0.3 is 6.18 Å². The predicted molar refractivity (Wildman–Crippen MR) is 95.9 cm³/mol. The topological polar surface area (TPSA) is 36.4 Å². The molecule has 4 nitrogen and oxygen atoms in total. The molecular formula is C20H22F3N3O. The Hall–Kier alpha value is -2.41. The molecule has 0 saturated carbocycles. The molecule has 0 N–H and O–H groups in total. The van der Waals surface area contributed by atoms with Crippen molar-refractivity contribution in [1.82, 2.24) is 14.8 Å². The van der Waals surface area contributed by atoms with Crippen LogP contribution in [0.4, 0.5) is 13.2 Å². The number of carbonyl (C=O) groups is 1. The Morgan fingerprint density at radius 3 is 2.59 bits per heavy atom. The van der Waals surface area contributed by atoms with Gasteiger partial charge in [0.1, 0.15) is 0 Å². The highest BCUT2D eigenvalue weighted by molar-refractivity contribution is 5.79. The van der Waals surface area contributed by atoms with Gasteiger partial charge in [-0.1, -0.05) is 24.3 Å². The zero-order valence-corrected chi connectivity index (χ0v) is 15.0. The average molecular weight is 377 g/mol. The number of aromatic nitrogens is 1. The first-order valence-corrected chi connectivity index (χ1v) is 8.97. The number of amides is 1. The first-order valence-electron chi connectivity index (χ1n) is 8.97. The minimum Gasteiger partial charge on any atom is -0.341 e. The molecule has 0 unspecified atom stereocenters. The number of hydrogen-bond donors (Lipinski definition) is 0. The van der Waals surface area contributed by atoms with E-state index in [1.807, 2.05) is 18.3 Å². The number of alkyl halides is 3. The van der Waals surface area contributed by atoms with E-state index in [1.165, 1.54) is 18.2 Å². The first-order chi connectivity index (χ1) is 12.9. The maximum Gasteiger partial charge on any atom is 0.416 e. The largest absolute Gasteiger partial charge is 0.416 e. The van der Waals surface area contributed by atoms with Gasteiger partial charge in [-0.15, -0.1) is 0 Å². The molecule has 1 aliphatic rings. The minimum atomic E-state index is -4.45. The summed E-state index contributed by atoms with van der Waals surface area (Å²) < 4.78 is 39.4. The summed E-state index contributed by atoms with van der Waals surface area (Å²) in [6, 6.07) is 9.19. The Kier molecular flexibility index (Phi) is 6.11. The van der Waals surface area contributed by atoms with Crippen molar-refractivity contribution in [2.24, 2.45) is 0 Å². The Labute approximate surface area is 156 Å². The van der Waals surface area contributed by atoms with Crippen molar-refractivity contribution in [3.8, 4) is 0 Å². The lowest BCUT2D eigenvalue weighted by atomic mass is 10.0. The van der Waals surface area contributed by atoms with Crippen LogP contribution >= 0.6 is 0 Å². The fourth-order valence-electron chi connectivity index (χ4n) is 3.35. The molecule has 0 radical (unpaired) electrons. The van der Waals surface area contributed by atoms with Crippen LogP contribution in [0.15, 0.2) is 48.8 Å². The average Bonchev–Trinajstić information content (AvgIpc) is 2.88. The van der Waals surface area contributed by atoms with Crippen molar-refractivity contribution >= 4 is 5.91 Å². The van der Waals surface area contributed by atoms with Crippen LogP contribution in [0.3, 0.4) is 0 Å². The van der Waals surface area contributed by atoms with E-state index in [1.54, 1.807) is 11.1 Å². The molecule has 0 bridgehead atoms. The number of hydrogen-bond acceptors (Lipinski definition) is 3. The van der Waals surface area contributed by atoms with Crippen molar-refractivity contribution in [2.45, 2.75) is 25.6 Å².